The van der Waals surface area contributed by atoms with Crippen LogP contribution in [0.15, 0.2) is 53.6 Å². The van der Waals surface area contributed by atoms with E-state index in [0.717, 1.165) is 22.1 Å². The highest BCUT2D eigenvalue weighted by atomic mass is 32.1. The third-order valence-electron chi connectivity index (χ3n) is 4.73. The third-order valence-corrected chi connectivity index (χ3v) is 5.91. The molecule has 8 heteroatoms. The summed E-state index contributed by atoms with van der Waals surface area (Å²) in [5.74, 6) is -0.815. The zero-order valence-electron chi connectivity index (χ0n) is 16.5. The number of ether oxygens (including phenoxy) is 1. The zero-order valence-corrected chi connectivity index (χ0v) is 17.3. The van der Waals surface area contributed by atoms with Gasteiger partial charge in [0, 0.05) is 5.69 Å². The first-order valence-corrected chi connectivity index (χ1v) is 10.2. The Morgan fingerprint density at radius 2 is 1.93 bits per heavy atom. The summed E-state index contributed by atoms with van der Waals surface area (Å²) in [6.45, 7) is 3.48. The topological polar surface area (TPSA) is 90.3 Å². The van der Waals surface area contributed by atoms with Gasteiger partial charge in [-0.2, -0.15) is 0 Å². The maximum Gasteiger partial charge on any atom is 0.348 e. The number of hydrogen-bond donors (Lipinski definition) is 1. The van der Waals surface area contributed by atoms with Gasteiger partial charge in [0.05, 0.1) is 18.3 Å². The molecule has 0 aliphatic carbocycles. The van der Waals surface area contributed by atoms with Crippen molar-refractivity contribution < 1.29 is 14.3 Å². The Bertz CT molecular complexity index is 1340. The number of anilines is 1. The highest BCUT2D eigenvalue weighted by Gasteiger charge is 2.20. The highest BCUT2D eigenvalue weighted by molar-refractivity contribution is 7.20. The van der Waals surface area contributed by atoms with E-state index in [-0.39, 0.29) is 24.6 Å². The van der Waals surface area contributed by atoms with Gasteiger partial charge in [0.1, 0.15) is 16.3 Å². The highest BCUT2D eigenvalue weighted by Crippen LogP contribution is 2.27. The molecular formula is C22H19N3O4S. The van der Waals surface area contributed by atoms with Crippen molar-refractivity contribution in [2.45, 2.75) is 20.4 Å². The van der Waals surface area contributed by atoms with E-state index in [4.69, 9.17) is 4.74 Å². The fourth-order valence-electron chi connectivity index (χ4n) is 3.29. The van der Waals surface area contributed by atoms with Gasteiger partial charge in [-0.05, 0) is 42.3 Å². The molecule has 0 radical (unpaired) electrons. The smallest absolute Gasteiger partial charge is 0.348 e. The molecule has 30 heavy (non-hydrogen) atoms. The summed E-state index contributed by atoms with van der Waals surface area (Å²) in [5.41, 5.74) is 0.810. The van der Waals surface area contributed by atoms with E-state index in [1.54, 1.807) is 13.8 Å². The number of benzene rings is 2. The molecule has 1 amide bonds. The molecule has 0 bridgehead atoms. The van der Waals surface area contributed by atoms with Crippen LogP contribution in [-0.2, 0) is 16.1 Å². The van der Waals surface area contributed by atoms with Crippen LogP contribution in [-0.4, -0.2) is 28.0 Å². The van der Waals surface area contributed by atoms with Crippen molar-refractivity contribution in [2.75, 3.05) is 11.9 Å². The van der Waals surface area contributed by atoms with Crippen LogP contribution in [0.25, 0.3) is 21.0 Å². The van der Waals surface area contributed by atoms with Gasteiger partial charge in [0.2, 0.25) is 5.91 Å². The van der Waals surface area contributed by atoms with Crippen LogP contribution in [0.1, 0.15) is 22.2 Å². The van der Waals surface area contributed by atoms with Crippen LogP contribution >= 0.6 is 11.3 Å². The molecule has 0 fully saturated rings. The molecule has 2 heterocycles. The molecule has 1 N–H and O–H groups in total. The van der Waals surface area contributed by atoms with Crippen molar-refractivity contribution in [3.63, 3.8) is 0 Å². The number of aromatic nitrogens is 2. The minimum absolute atomic E-state index is 0.182. The van der Waals surface area contributed by atoms with Crippen molar-refractivity contribution in [1.29, 1.82) is 0 Å². The van der Waals surface area contributed by atoms with Gasteiger partial charge < -0.3 is 10.1 Å². The van der Waals surface area contributed by atoms with Crippen LogP contribution < -0.4 is 10.9 Å². The molecule has 0 unspecified atom stereocenters. The number of esters is 1. The lowest BCUT2D eigenvalue weighted by Crippen LogP contribution is -2.27. The van der Waals surface area contributed by atoms with E-state index in [9.17, 15) is 14.4 Å². The molecule has 7 nitrogen and oxygen atoms in total. The molecule has 0 saturated carbocycles. The fourth-order valence-corrected chi connectivity index (χ4v) is 4.32. The number of nitrogens with one attached hydrogen (secondary N) is 1. The first-order valence-electron chi connectivity index (χ1n) is 9.42. The van der Waals surface area contributed by atoms with Crippen LogP contribution in [0.3, 0.4) is 0 Å². The second-order valence-electron chi connectivity index (χ2n) is 6.74. The Balaban J connectivity index is 1.59. The molecule has 0 atom stereocenters. The number of carbonyl (C=O) groups excluding carboxylic acids is 2. The average molecular weight is 421 g/mol. The summed E-state index contributed by atoms with van der Waals surface area (Å²) in [4.78, 5) is 42.6. The van der Waals surface area contributed by atoms with Gasteiger partial charge in [-0.3, -0.25) is 14.2 Å². The minimum atomic E-state index is -0.474. The lowest BCUT2D eigenvalue weighted by molar-refractivity contribution is -0.116. The number of carbonyl (C=O) groups is 2. The molecule has 4 aromatic rings. The van der Waals surface area contributed by atoms with E-state index in [2.05, 4.69) is 10.3 Å². The molecule has 2 aromatic carbocycles. The second-order valence-corrected chi connectivity index (χ2v) is 7.74. The monoisotopic (exact) mass is 421 g/mol. The molecule has 0 spiro atoms. The largest absolute Gasteiger partial charge is 0.462 e. The first kappa shape index (κ1) is 19.8. The summed E-state index contributed by atoms with van der Waals surface area (Å²) in [6, 6.07) is 13.5. The summed E-state index contributed by atoms with van der Waals surface area (Å²) in [6.07, 6.45) is 1.33. The predicted molar refractivity (Wildman–Crippen MR) is 117 cm³/mol. The molecule has 0 aliphatic rings. The number of amides is 1. The SMILES string of the molecule is CCOC(=O)c1sc2ncn(CC(=O)Nc3ccc4ccccc4c3)c(=O)c2c1C. The van der Waals surface area contributed by atoms with Gasteiger partial charge >= 0.3 is 5.97 Å². The lowest BCUT2D eigenvalue weighted by atomic mass is 10.1. The molecule has 4 rings (SSSR count). The molecule has 0 aliphatic heterocycles. The zero-order chi connectivity index (χ0) is 21.3. The third kappa shape index (κ3) is 3.69. The minimum Gasteiger partial charge on any atom is -0.462 e. The predicted octanol–water partition coefficient (Wildman–Crippen LogP) is 3.74. The fraction of sp³-hybridized carbons (Fsp3) is 0.182. The number of fused-ring (bicyclic) bond motifs is 2. The molecule has 0 saturated heterocycles. The summed E-state index contributed by atoms with van der Waals surface area (Å²) >= 11 is 1.12. The van der Waals surface area contributed by atoms with Gasteiger partial charge in [-0.1, -0.05) is 30.3 Å². The van der Waals surface area contributed by atoms with Crippen molar-refractivity contribution in [2.24, 2.45) is 0 Å². The second kappa shape index (κ2) is 8.08. The van der Waals surface area contributed by atoms with Gasteiger partial charge in [0.25, 0.3) is 5.56 Å². The first-order chi connectivity index (χ1) is 14.5. The van der Waals surface area contributed by atoms with E-state index >= 15 is 0 Å². The standard InChI is InChI=1S/C22H19N3O4S/c1-3-29-22(28)19-13(2)18-20(30-19)23-12-25(21(18)27)11-17(26)24-16-9-8-14-6-4-5-7-15(14)10-16/h4-10,12H,3,11H2,1-2H3,(H,24,26). The number of nitrogens with zero attached hydrogens (tertiary/aromatic N) is 2. The molecule has 2 aromatic heterocycles. The summed E-state index contributed by atoms with van der Waals surface area (Å²) in [7, 11) is 0. The van der Waals surface area contributed by atoms with Crippen LogP contribution in [0.2, 0.25) is 0 Å². The Hall–Kier alpha value is -3.52. The Labute approximate surface area is 175 Å². The Kier molecular flexibility index (Phi) is 5.33. The Morgan fingerprint density at radius 1 is 1.17 bits per heavy atom. The molecule has 152 valence electrons. The van der Waals surface area contributed by atoms with E-state index in [0.29, 0.717) is 26.3 Å². The summed E-state index contributed by atoms with van der Waals surface area (Å²) < 4.78 is 6.28. The van der Waals surface area contributed by atoms with E-state index in [1.807, 2.05) is 42.5 Å². The molecular weight excluding hydrogens is 402 g/mol. The average Bonchev–Trinajstić information content (AvgIpc) is 3.07. The van der Waals surface area contributed by atoms with Crippen LogP contribution in [0.4, 0.5) is 5.69 Å². The van der Waals surface area contributed by atoms with Crippen LogP contribution in [0.5, 0.6) is 0 Å². The maximum absolute atomic E-state index is 12.9. The lowest BCUT2D eigenvalue weighted by Gasteiger charge is -2.08. The van der Waals surface area contributed by atoms with Crippen molar-refractivity contribution >= 4 is 49.9 Å². The maximum atomic E-state index is 12.9. The number of rotatable bonds is 5. The van der Waals surface area contributed by atoms with Crippen molar-refractivity contribution in [3.05, 3.63) is 69.6 Å². The quantitative estimate of drug-likeness (QED) is 0.496. The Morgan fingerprint density at radius 3 is 2.70 bits per heavy atom. The number of hydrogen-bond acceptors (Lipinski definition) is 6. The van der Waals surface area contributed by atoms with Gasteiger partial charge in [0.15, 0.2) is 0 Å². The number of aryl methyl sites for hydroxylation is 1. The van der Waals surface area contributed by atoms with E-state index < -0.39 is 5.97 Å². The van der Waals surface area contributed by atoms with Gasteiger partial charge in [-0.15, -0.1) is 11.3 Å². The van der Waals surface area contributed by atoms with Crippen molar-refractivity contribution in [1.82, 2.24) is 9.55 Å². The number of thiophene rings is 1. The van der Waals surface area contributed by atoms with E-state index in [1.165, 1.54) is 10.9 Å². The van der Waals surface area contributed by atoms with Crippen molar-refractivity contribution in [3.8, 4) is 0 Å². The normalized spacial score (nSPS) is 11.0. The van der Waals surface area contributed by atoms with Gasteiger partial charge in [-0.25, -0.2) is 9.78 Å². The van der Waals surface area contributed by atoms with Crippen LogP contribution in [0, 0.1) is 6.92 Å². The summed E-state index contributed by atoms with van der Waals surface area (Å²) in [5, 5.41) is 5.24.